The second-order valence-corrected chi connectivity index (χ2v) is 3.44. The van der Waals surface area contributed by atoms with E-state index in [2.05, 4.69) is 14.7 Å². The molecule has 1 amide bonds. The van der Waals surface area contributed by atoms with Crippen molar-refractivity contribution >= 4 is 28.5 Å². The van der Waals surface area contributed by atoms with E-state index in [1.54, 1.807) is 0 Å². The Balaban J connectivity index is 2.12. The quantitative estimate of drug-likeness (QED) is 0.609. The molecule has 0 radical (unpaired) electrons. The fraction of sp³-hybridized carbons (Fsp3) is 0.500. The van der Waals surface area contributed by atoms with E-state index in [4.69, 9.17) is 5.73 Å². The van der Waals surface area contributed by atoms with Crippen LogP contribution in [0.15, 0.2) is 0 Å². The zero-order valence-electron chi connectivity index (χ0n) is 6.86. The van der Waals surface area contributed by atoms with Gasteiger partial charge in [-0.25, -0.2) is 0 Å². The zero-order chi connectivity index (χ0) is 9.26. The first-order chi connectivity index (χ1) is 6.25. The molecule has 1 aliphatic heterocycles. The highest BCUT2D eigenvalue weighted by molar-refractivity contribution is 7.09. The van der Waals surface area contributed by atoms with Crippen molar-refractivity contribution in [3.8, 4) is 0 Å². The van der Waals surface area contributed by atoms with Gasteiger partial charge in [0.1, 0.15) is 0 Å². The Bertz CT molecular complexity index is 325. The molecule has 0 saturated carbocycles. The fourth-order valence-electron chi connectivity index (χ4n) is 1.16. The number of anilines is 2. The van der Waals surface area contributed by atoms with Gasteiger partial charge in [0, 0.05) is 24.6 Å². The zero-order valence-corrected chi connectivity index (χ0v) is 7.67. The van der Waals surface area contributed by atoms with Gasteiger partial charge < -0.3 is 16.0 Å². The van der Waals surface area contributed by atoms with Crippen LogP contribution in [0, 0.1) is 0 Å². The average Bonchev–Trinajstić information content (AvgIpc) is 2.52. The van der Waals surface area contributed by atoms with Gasteiger partial charge in [-0.2, -0.15) is 9.36 Å². The second-order valence-electron chi connectivity index (χ2n) is 2.71. The van der Waals surface area contributed by atoms with Gasteiger partial charge in [0.05, 0.1) is 6.54 Å². The summed E-state index contributed by atoms with van der Waals surface area (Å²) < 4.78 is 3.85. The summed E-state index contributed by atoms with van der Waals surface area (Å²) in [5.74, 6) is 0.283. The van der Waals surface area contributed by atoms with Gasteiger partial charge in [-0.15, -0.1) is 0 Å². The van der Waals surface area contributed by atoms with E-state index >= 15 is 0 Å². The molecule has 1 aromatic rings. The number of piperazine rings is 1. The highest BCUT2D eigenvalue weighted by Gasteiger charge is 2.19. The van der Waals surface area contributed by atoms with Crippen molar-refractivity contribution < 1.29 is 4.79 Å². The topological polar surface area (TPSA) is 84.1 Å². The minimum absolute atomic E-state index is 0.0139. The third kappa shape index (κ3) is 1.69. The Morgan fingerprint density at radius 2 is 2.46 bits per heavy atom. The maximum absolute atomic E-state index is 11.0. The summed E-state index contributed by atoms with van der Waals surface area (Å²) >= 11 is 1.22. The molecule has 1 aliphatic rings. The Labute approximate surface area is 78.9 Å². The summed E-state index contributed by atoms with van der Waals surface area (Å²) in [6, 6.07) is 0. The standard InChI is InChI=1S/C6H9N5OS/c7-5-9-6(13-10-5)11-2-1-8-4(12)3-11/h1-3H2,(H2,7,10)(H,8,12). The lowest BCUT2D eigenvalue weighted by Crippen LogP contribution is -2.47. The molecule has 0 bridgehead atoms. The lowest BCUT2D eigenvalue weighted by molar-refractivity contribution is -0.120. The first-order valence-electron chi connectivity index (χ1n) is 3.86. The molecule has 70 valence electrons. The van der Waals surface area contributed by atoms with Crippen molar-refractivity contribution in [1.82, 2.24) is 14.7 Å². The molecule has 2 rings (SSSR count). The van der Waals surface area contributed by atoms with Crippen LogP contribution in [0.1, 0.15) is 0 Å². The maximum atomic E-state index is 11.0. The van der Waals surface area contributed by atoms with Crippen LogP contribution in [0.4, 0.5) is 11.1 Å². The highest BCUT2D eigenvalue weighted by atomic mass is 32.1. The number of carbonyl (C=O) groups is 1. The molecule has 0 spiro atoms. The Hall–Kier alpha value is -1.37. The van der Waals surface area contributed by atoms with Crippen molar-refractivity contribution in [3.63, 3.8) is 0 Å². The van der Waals surface area contributed by atoms with Crippen molar-refractivity contribution in [2.75, 3.05) is 30.3 Å². The monoisotopic (exact) mass is 199 g/mol. The molecule has 0 atom stereocenters. The number of aromatic nitrogens is 2. The first kappa shape index (κ1) is 8.24. The minimum atomic E-state index is 0.0139. The van der Waals surface area contributed by atoms with Crippen molar-refractivity contribution in [2.45, 2.75) is 0 Å². The fourth-order valence-corrected chi connectivity index (χ4v) is 1.78. The van der Waals surface area contributed by atoms with Crippen LogP contribution < -0.4 is 16.0 Å². The van der Waals surface area contributed by atoms with E-state index in [0.717, 1.165) is 6.54 Å². The second kappa shape index (κ2) is 3.17. The van der Waals surface area contributed by atoms with Crippen LogP contribution in [0.2, 0.25) is 0 Å². The van der Waals surface area contributed by atoms with Crippen molar-refractivity contribution in [3.05, 3.63) is 0 Å². The van der Waals surface area contributed by atoms with Gasteiger partial charge >= 0.3 is 0 Å². The number of hydrogen-bond acceptors (Lipinski definition) is 6. The van der Waals surface area contributed by atoms with Crippen molar-refractivity contribution in [1.29, 1.82) is 0 Å². The van der Waals surface area contributed by atoms with Gasteiger partial charge in [-0.3, -0.25) is 4.79 Å². The van der Waals surface area contributed by atoms with Gasteiger partial charge in [0.15, 0.2) is 0 Å². The van der Waals surface area contributed by atoms with Gasteiger partial charge in [0.25, 0.3) is 0 Å². The van der Waals surface area contributed by atoms with Gasteiger partial charge in [-0.05, 0) is 0 Å². The molecule has 1 aromatic heterocycles. The van der Waals surface area contributed by atoms with E-state index in [9.17, 15) is 4.79 Å². The molecule has 1 fully saturated rings. The van der Waals surface area contributed by atoms with E-state index < -0.39 is 0 Å². The summed E-state index contributed by atoms with van der Waals surface area (Å²) in [6.45, 7) is 1.76. The summed E-state index contributed by atoms with van der Waals surface area (Å²) in [5, 5.41) is 3.45. The molecule has 1 saturated heterocycles. The lowest BCUT2D eigenvalue weighted by Gasteiger charge is -2.25. The predicted molar refractivity (Wildman–Crippen MR) is 49.5 cm³/mol. The highest BCUT2D eigenvalue weighted by Crippen LogP contribution is 2.18. The number of carbonyl (C=O) groups excluding carboxylic acids is 1. The largest absolute Gasteiger partial charge is 0.367 e. The summed E-state index contributed by atoms with van der Waals surface area (Å²) in [6.07, 6.45) is 0. The molecular weight excluding hydrogens is 190 g/mol. The summed E-state index contributed by atoms with van der Waals surface area (Å²) in [5.41, 5.74) is 5.38. The summed E-state index contributed by atoms with van der Waals surface area (Å²) in [7, 11) is 0. The molecule has 0 unspecified atom stereocenters. The van der Waals surface area contributed by atoms with Crippen LogP contribution in [-0.4, -0.2) is 34.9 Å². The van der Waals surface area contributed by atoms with Crippen LogP contribution in [0.3, 0.4) is 0 Å². The van der Waals surface area contributed by atoms with Crippen molar-refractivity contribution in [2.24, 2.45) is 0 Å². The van der Waals surface area contributed by atoms with E-state index in [0.29, 0.717) is 18.2 Å². The first-order valence-corrected chi connectivity index (χ1v) is 4.64. The SMILES string of the molecule is Nc1nsc(N2CCNC(=O)C2)n1. The number of rotatable bonds is 1. The van der Waals surface area contributed by atoms with Crippen LogP contribution >= 0.6 is 11.5 Å². The number of nitrogens with one attached hydrogen (secondary N) is 1. The van der Waals surface area contributed by atoms with E-state index in [-0.39, 0.29) is 11.9 Å². The normalized spacial score (nSPS) is 17.2. The lowest BCUT2D eigenvalue weighted by atomic mass is 10.4. The molecular formula is C6H9N5OS. The van der Waals surface area contributed by atoms with Crippen LogP contribution in [0.25, 0.3) is 0 Å². The third-order valence-corrected chi connectivity index (χ3v) is 2.53. The number of nitrogen functional groups attached to an aromatic ring is 1. The summed E-state index contributed by atoms with van der Waals surface area (Å²) in [4.78, 5) is 16.9. The molecule has 0 aromatic carbocycles. The van der Waals surface area contributed by atoms with Crippen LogP contribution in [-0.2, 0) is 4.79 Å². The smallest absolute Gasteiger partial charge is 0.239 e. The molecule has 6 nitrogen and oxygen atoms in total. The number of amides is 1. The molecule has 7 heteroatoms. The number of hydrogen-bond donors (Lipinski definition) is 2. The van der Waals surface area contributed by atoms with Gasteiger partial charge in [0.2, 0.25) is 17.0 Å². The van der Waals surface area contributed by atoms with Gasteiger partial charge in [-0.1, -0.05) is 0 Å². The third-order valence-electron chi connectivity index (χ3n) is 1.74. The molecule has 3 N–H and O–H groups in total. The van der Waals surface area contributed by atoms with E-state index in [1.165, 1.54) is 11.5 Å². The average molecular weight is 199 g/mol. The number of nitrogens with zero attached hydrogens (tertiary/aromatic N) is 3. The Morgan fingerprint density at radius 1 is 1.62 bits per heavy atom. The minimum Gasteiger partial charge on any atom is -0.367 e. The predicted octanol–water partition coefficient (Wildman–Crippen LogP) is -0.944. The molecule has 2 heterocycles. The van der Waals surface area contributed by atoms with Crippen LogP contribution in [0.5, 0.6) is 0 Å². The van der Waals surface area contributed by atoms with E-state index in [1.807, 2.05) is 4.90 Å². The Morgan fingerprint density at radius 3 is 3.08 bits per heavy atom. The molecule has 13 heavy (non-hydrogen) atoms. The maximum Gasteiger partial charge on any atom is 0.239 e. The Kier molecular flexibility index (Phi) is 2.01. The number of nitrogens with two attached hydrogens (primary N) is 1. The molecule has 0 aliphatic carbocycles.